The molecule has 1 atom stereocenters. The number of carbonyl (C=O) groups excluding carboxylic acids is 2. The number of amides is 2. The number of hydrogen-bond acceptors (Lipinski definition) is 13. The van der Waals surface area contributed by atoms with Crippen molar-refractivity contribution in [3.05, 3.63) is 69.5 Å². The van der Waals surface area contributed by atoms with Gasteiger partial charge < -0.3 is 29.9 Å². The van der Waals surface area contributed by atoms with Gasteiger partial charge in [-0.3, -0.25) is 9.59 Å². The van der Waals surface area contributed by atoms with E-state index in [1.54, 1.807) is 14.2 Å². The maximum Gasteiger partial charge on any atom is 0.232 e. The van der Waals surface area contributed by atoms with Crippen molar-refractivity contribution in [1.29, 1.82) is 0 Å². The molecule has 0 aromatic carbocycles. The number of ether oxygens (including phenoxy) is 2. The van der Waals surface area contributed by atoms with Gasteiger partial charge in [0, 0.05) is 64.9 Å². The van der Waals surface area contributed by atoms with E-state index in [2.05, 4.69) is 64.9 Å². The van der Waals surface area contributed by atoms with Crippen LogP contribution in [0.5, 0.6) is 0 Å². The average Bonchev–Trinajstić information content (AvgIpc) is 3.63. The number of hydrogen-bond donors (Lipinski definition) is 2. The van der Waals surface area contributed by atoms with Gasteiger partial charge in [0.15, 0.2) is 0 Å². The fourth-order valence-electron chi connectivity index (χ4n) is 5.93. The highest BCUT2D eigenvalue weighted by Crippen LogP contribution is 2.32. The second-order valence-electron chi connectivity index (χ2n) is 12.4. The molecular formula is C34H43N9O4S2. The van der Waals surface area contributed by atoms with Crippen molar-refractivity contribution in [2.45, 2.75) is 70.0 Å². The number of anilines is 3. The minimum absolute atomic E-state index is 0.110. The van der Waals surface area contributed by atoms with Gasteiger partial charge in [0.25, 0.3) is 0 Å². The summed E-state index contributed by atoms with van der Waals surface area (Å²) in [5, 5.41) is 25.8. The summed E-state index contributed by atoms with van der Waals surface area (Å²) in [6.07, 6.45) is 13.4. The molecule has 2 N–H and O–H groups in total. The summed E-state index contributed by atoms with van der Waals surface area (Å²) < 4.78 is 10.7. The molecule has 6 rings (SSSR count). The quantitative estimate of drug-likeness (QED) is 0.213. The SMILES string of the molecule is CCCC(CCc1nnc(NC(=O)Cc2cccc(N3CC(OC)C3)n2)s1)c1nnc(NC(=O)CC2=CCC(N3CC(OC)C3)=CC=C2)s1. The standard InChI is InChI=1S/C34H43N9O4S2/c1-4-7-23(32-39-41-34(49-32)36-29(44)16-22-8-5-10-25(14-12-22)42-18-26(19-42)46-2)13-15-31-38-40-33(48-31)37-30(45)17-24-9-6-11-28(35-24)43-20-27(21-43)47-3/h5-6,8-12,23,26-27H,4,7,13-21H2,1-3H3,(H,36,41,44)(H,37,40,45). The molecule has 0 radical (unpaired) electrons. The Bertz CT molecular complexity index is 1690. The summed E-state index contributed by atoms with van der Waals surface area (Å²) in [5.74, 6) is 0.734. The van der Waals surface area contributed by atoms with E-state index in [-0.39, 0.29) is 36.7 Å². The van der Waals surface area contributed by atoms with Crippen molar-refractivity contribution in [2.75, 3.05) is 55.9 Å². The molecule has 3 aliphatic rings. The zero-order valence-corrected chi connectivity index (χ0v) is 29.8. The van der Waals surface area contributed by atoms with Crippen LogP contribution < -0.4 is 15.5 Å². The summed E-state index contributed by atoms with van der Waals surface area (Å²) in [6.45, 7) is 5.55. The molecule has 3 aromatic heterocycles. The predicted octanol–water partition coefficient (Wildman–Crippen LogP) is 4.75. The van der Waals surface area contributed by atoms with Crippen molar-refractivity contribution < 1.29 is 19.1 Å². The van der Waals surface area contributed by atoms with Crippen LogP contribution in [0.1, 0.15) is 60.7 Å². The molecule has 15 heteroatoms. The van der Waals surface area contributed by atoms with Gasteiger partial charge in [-0.05, 0) is 36.6 Å². The lowest BCUT2D eigenvalue weighted by molar-refractivity contribution is -0.116. The van der Waals surface area contributed by atoms with Gasteiger partial charge in [0.2, 0.25) is 22.1 Å². The number of nitrogens with zero attached hydrogens (tertiary/aromatic N) is 7. The molecule has 0 saturated carbocycles. The number of likely N-dealkylation sites (tertiary alicyclic amines) is 1. The topological polar surface area (TPSA) is 148 Å². The minimum atomic E-state index is -0.182. The molecule has 260 valence electrons. The number of rotatable bonds is 16. The Labute approximate surface area is 294 Å². The molecule has 5 heterocycles. The fourth-order valence-corrected chi connectivity index (χ4v) is 7.63. The van der Waals surface area contributed by atoms with E-state index in [0.29, 0.717) is 28.5 Å². The largest absolute Gasteiger partial charge is 0.378 e. The third-order valence-electron chi connectivity index (χ3n) is 8.86. The Kier molecular flexibility index (Phi) is 11.8. The molecule has 2 fully saturated rings. The second kappa shape index (κ2) is 16.6. The summed E-state index contributed by atoms with van der Waals surface area (Å²) in [7, 11) is 3.46. The molecule has 13 nitrogen and oxygen atoms in total. The van der Waals surface area contributed by atoms with E-state index >= 15 is 0 Å². The van der Waals surface area contributed by atoms with Crippen LogP contribution in [0.25, 0.3) is 0 Å². The van der Waals surface area contributed by atoms with Crippen molar-refractivity contribution >= 4 is 50.6 Å². The van der Waals surface area contributed by atoms with Gasteiger partial charge in [0.1, 0.15) is 15.8 Å². The molecule has 49 heavy (non-hydrogen) atoms. The van der Waals surface area contributed by atoms with E-state index in [1.165, 1.54) is 28.4 Å². The van der Waals surface area contributed by atoms with Crippen LogP contribution in [0.2, 0.25) is 0 Å². The van der Waals surface area contributed by atoms with Crippen molar-refractivity contribution in [1.82, 2.24) is 30.3 Å². The van der Waals surface area contributed by atoms with Crippen molar-refractivity contribution in [3.8, 4) is 0 Å². The van der Waals surface area contributed by atoms with Gasteiger partial charge in [-0.25, -0.2) is 4.98 Å². The van der Waals surface area contributed by atoms with Crippen LogP contribution in [0.4, 0.5) is 16.1 Å². The molecular weight excluding hydrogens is 663 g/mol. The van der Waals surface area contributed by atoms with E-state index in [1.807, 2.05) is 30.4 Å². The number of pyridine rings is 1. The summed E-state index contributed by atoms with van der Waals surface area (Å²) >= 11 is 2.81. The van der Waals surface area contributed by atoms with Crippen molar-refractivity contribution in [2.24, 2.45) is 0 Å². The zero-order valence-electron chi connectivity index (χ0n) is 28.1. The maximum atomic E-state index is 12.9. The number of allylic oxidation sites excluding steroid dienone is 4. The molecule has 0 bridgehead atoms. The first-order valence-electron chi connectivity index (χ1n) is 16.7. The van der Waals surface area contributed by atoms with Crippen molar-refractivity contribution in [3.63, 3.8) is 0 Å². The van der Waals surface area contributed by atoms with Gasteiger partial charge in [-0.1, -0.05) is 60.3 Å². The number of nitrogens with one attached hydrogen (secondary N) is 2. The predicted molar refractivity (Wildman–Crippen MR) is 191 cm³/mol. The lowest BCUT2D eigenvalue weighted by atomic mass is 9.99. The van der Waals surface area contributed by atoms with Gasteiger partial charge in [-0.2, -0.15) is 0 Å². The Morgan fingerprint density at radius 3 is 2.39 bits per heavy atom. The molecule has 1 aliphatic carbocycles. The van der Waals surface area contributed by atoms with Crippen LogP contribution in [0.15, 0.2) is 53.8 Å². The van der Waals surface area contributed by atoms with Crippen LogP contribution in [-0.2, 0) is 31.9 Å². The highest BCUT2D eigenvalue weighted by molar-refractivity contribution is 7.15. The lowest BCUT2D eigenvalue weighted by Gasteiger charge is -2.41. The lowest BCUT2D eigenvalue weighted by Crippen LogP contribution is -2.52. The maximum absolute atomic E-state index is 12.9. The van der Waals surface area contributed by atoms with Crippen LogP contribution in [0.3, 0.4) is 0 Å². The normalized spacial score (nSPS) is 17.1. The summed E-state index contributed by atoms with van der Waals surface area (Å²) in [5.41, 5.74) is 2.91. The summed E-state index contributed by atoms with van der Waals surface area (Å²) in [6, 6.07) is 5.72. The summed E-state index contributed by atoms with van der Waals surface area (Å²) in [4.78, 5) is 34.7. The second-order valence-corrected chi connectivity index (χ2v) is 14.5. The Balaban J connectivity index is 0.952. The number of aromatic nitrogens is 5. The fraction of sp³-hybridized carbons (Fsp3) is 0.500. The van der Waals surface area contributed by atoms with E-state index in [4.69, 9.17) is 9.47 Å². The highest BCUT2D eigenvalue weighted by Gasteiger charge is 2.28. The Morgan fingerprint density at radius 1 is 0.918 bits per heavy atom. The van der Waals surface area contributed by atoms with E-state index in [0.717, 1.165) is 73.3 Å². The molecule has 2 aliphatic heterocycles. The number of carbonyl (C=O) groups is 2. The van der Waals surface area contributed by atoms with Gasteiger partial charge in [-0.15, -0.1) is 20.4 Å². The smallest absolute Gasteiger partial charge is 0.232 e. The number of aryl methyl sites for hydroxylation is 1. The zero-order chi connectivity index (χ0) is 34.2. The van der Waals surface area contributed by atoms with Crippen LogP contribution in [0, 0.1) is 0 Å². The highest BCUT2D eigenvalue weighted by atomic mass is 32.1. The molecule has 2 saturated heterocycles. The minimum Gasteiger partial charge on any atom is -0.378 e. The molecule has 1 unspecified atom stereocenters. The first kappa shape index (κ1) is 34.8. The Hall–Kier alpha value is -4.05. The molecule has 2 amide bonds. The first-order valence-corrected chi connectivity index (χ1v) is 18.4. The number of methoxy groups -OCH3 is 2. The van der Waals surface area contributed by atoms with Gasteiger partial charge >= 0.3 is 0 Å². The monoisotopic (exact) mass is 705 g/mol. The third-order valence-corrected chi connectivity index (χ3v) is 10.8. The molecule has 3 aromatic rings. The van der Waals surface area contributed by atoms with Crippen LogP contribution in [-0.4, -0.2) is 94.7 Å². The van der Waals surface area contributed by atoms with Crippen LogP contribution >= 0.6 is 22.7 Å². The third kappa shape index (κ3) is 9.35. The van der Waals surface area contributed by atoms with E-state index in [9.17, 15) is 9.59 Å². The van der Waals surface area contributed by atoms with Gasteiger partial charge in [0.05, 0.1) is 30.7 Å². The average molecular weight is 706 g/mol. The Morgan fingerprint density at radius 2 is 1.63 bits per heavy atom. The molecule has 0 spiro atoms. The van der Waals surface area contributed by atoms with E-state index < -0.39 is 0 Å². The first-order chi connectivity index (χ1) is 23.9.